The molecule has 1 aromatic carbocycles. The number of allylic oxidation sites excluding steroid dienone is 1. The van der Waals surface area contributed by atoms with Gasteiger partial charge in [0.05, 0.1) is 0 Å². The Morgan fingerprint density at radius 2 is 1.81 bits per heavy atom. The first-order valence-corrected chi connectivity index (χ1v) is 6.59. The molecule has 0 amide bonds. The van der Waals surface area contributed by atoms with Crippen molar-refractivity contribution in [3.8, 4) is 0 Å². The Morgan fingerprint density at radius 3 is 2.44 bits per heavy atom. The molecule has 0 aromatic heterocycles. The summed E-state index contributed by atoms with van der Waals surface area (Å²) in [5.41, 5.74) is 1.12. The summed E-state index contributed by atoms with van der Waals surface area (Å²) in [4.78, 5) is 0. The summed E-state index contributed by atoms with van der Waals surface area (Å²) in [5, 5.41) is 1.69. The van der Waals surface area contributed by atoms with E-state index in [9.17, 15) is 0 Å². The molecule has 0 heterocycles. The molecule has 0 nitrogen and oxygen atoms in total. The molecule has 1 aromatic rings. The summed E-state index contributed by atoms with van der Waals surface area (Å²) in [5.74, 6) is 0. The van der Waals surface area contributed by atoms with Gasteiger partial charge in [0.25, 0.3) is 0 Å². The first-order chi connectivity index (χ1) is 7.72. The normalized spacial score (nSPS) is 11.8. The molecule has 0 aliphatic heterocycles. The summed E-state index contributed by atoms with van der Waals surface area (Å²) in [6.07, 6.45) is 8.00. The number of hydrogen-bond donors (Lipinski definition) is 0. The van der Waals surface area contributed by atoms with Crippen LogP contribution in [0.5, 0.6) is 0 Å². The third-order valence-corrected chi connectivity index (χ3v) is 3.01. The fourth-order valence-corrected chi connectivity index (χ4v) is 1.92. The van der Waals surface area contributed by atoms with E-state index in [1.54, 1.807) is 0 Å². The van der Waals surface area contributed by atoms with Crippen molar-refractivity contribution in [2.24, 2.45) is 0 Å². The van der Waals surface area contributed by atoms with Crippen molar-refractivity contribution in [3.63, 3.8) is 0 Å². The van der Waals surface area contributed by atoms with Gasteiger partial charge in [0, 0.05) is 10.1 Å². The average Bonchev–Trinajstić information content (AvgIpc) is 2.28. The molecule has 0 spiro atoms. The van der Waals surface area contributed by atoms with Crippen molar-refractivity contribution >= 4 is 29.3 Å². The van der Waals surface area contributed by atoms with Crippen molar-refractivity contribution in [1.29, 1.82) is 0 Å². The summed E-state index contributed by atoms with van der Waals surface area (Å²) >= 11 is 12.0. The van der Waals surface area contributed by atoms with E-state index < -0.39 is 0 Å². The molecule has 0 fully saturated rings. The molecule has 0 unspecified atom stereocenters. The monoisotopic (exact) mass is 256 g/mol. The van der Waals surface area contributed by atoms with Crippen molar-refractivity contribution in [2.75, 3.05) is 0 Å². The van der Waals surface area contributed by atoms with Crippen LogP contribution in [0.1, 0.15) is 44.6 Å². The highest BCUT2D eigenvalue weighted by molar-refractivity contribution is 6.31. The summed E-state index contributed by atoms with van der Waals surface area (Å²) in [7, 11) is 0. The van der Waals surface area contributed by atoms with Gasteiger partial charge in [0.1, 0.15) is 0 Å². The van der Waals surface area contributed by atoms with Gasteiger partial charge in [-0.15, -0.1) is 0 Å². The van der Waals surface area contributed by atoms with E-state index in [0.717, 1.165) is 22.0 Å². The zero-order chi connectivity index (χ0) is 11.8. The molecule has 16 heavy (non-hydrogen) atoms. The molecule has 0 aliphatic carbocycles. The maximum atomic E-state index is 6.16. The van der Waals surface area contributed by atoms with Crippen LogP contribution in [0.25, 0.3) is 6.08 Å². The zero-order valence-corrected chi connectivity index (χ0v) is 11.2. The number of rotatable bonds is 6. The lowest BCUT2D eigenvalue weighted by atomic mass is 10.1. The molecule has 1 rings (SSSR count). The minimum Gasteiger partial charge on any atom is -0.0891 e. The standard InChI is InChI=1S/C14H18Cl2/c1-2-3-4-5-6-14(16)11-12-7-9-13(15)10-8-12/h7-11H,2-6H2,1H3/b14-11-. The number of halogens is 2. The number of unbranched alkanes of at least 4 members (excludes halogenated alkanes) is 3. The van der Waals surface area contributed by atoms with Crippen LogP contribution in [0, 0.1) is 0 Å². The van der Waals surface area contributed by atoms with Crippen molar-refractivity contribution < 1.29 is 0 Å². The highest BCUT2D eigenvalue weighted by Gasteiger charge is 1.95. The molecule has 2 heteroatoms. The van der Waals surface area contributed by atoms with Gasteiger partial charge in [0.2, 0.25) is 0 Å². The van der Waals surface area contributed by atoms with Crippen LogP contribution >= 0.6 is 23.2 Å². The van der Waals surface area contributed by atoms with Gasteiger partial charge >= 0.3 is 0 Å². The molecule has 0 saturated carbocycles. The molecular formula is C14H18Cl2. The van der Waals surface area contributed by atoms with Crippen LogP contribution in [-0.4, -0.2) is 0 Å². The van der Waals surface area contributed by atoms with E-state index in [1.165, 1.54) is 25.7 Å². The van der Waals surface area contributed by atoms with E-state index in [-0.39, 0.29) is 0 Å². The Balaban J connectivity index is 2.40. The van der Waals surface area contributed by atoms with Gasteiger partial charge in [-0.05, 0) is 36.6 Å². The van der Waals surface area contributed by atoms with Crippen LogP contribution in [-0.2, 0) is 0 Å². The SMILES string of the molecule is CCCCCC/C(Cl)=C/c1ccc(Cl)cc1. The third kappa shape index (κ3) is 5.58. The third-order valence-electron chi connectivity index (χ3n) is 2.46. The molecule has 0 radical (unpaired) electrons. The molecule has 0 N–H and O–H groups in total. The highest BCUT2D eigenvalue weighted by atomic mass is 35.5. The highest BCUT2D eigenvalue weighted by Crippen LogP contribution is 2.18. The zero-order valence-electron chi connectivity index (χ0n) is 9.68. The van der Waals surface area contributed by atoms with Crippen LogP contribution < -0.4 is 0 Å². The molecule has 0 aliphatic rings. The van der Waals surface area contributed by atoms with Crippen LogP contribution in [0.4, 0.5) is 0 Å². The predicted molar refractivity (Wildman–Crippen MR) is 74.0 cm³/mol. The summed E-state index contributed by atoms with van der Waals surface area (Å²) in [6, 6.07) is 7.73. The Morgan fingerprint density at radius 1 is 1.12 bits per heavy atom. The van der Waals surface area contributed by atoms with E-state index in [0.29, 0.717) is 0 Å². The average molecular weight is 257 g/mol. The molecule has 0 bridgehead atoms. The van der Waals surface area contributed by atoms with Crippen LogP contribution in [0.15, 0.2) is 29.3 Å². The molecule has 0 atom stereocenters. The van der Waals surface area contributed by atoms with Gasteiger partial charge < -0.3 is 0 Å². The van der Waals surface area contributed by atoms with Crippen LogP contribution in [0.2, 0.25) is 5.02 Å². The maximum Gasteiger partial charge on any atom is 0.0406 e. The summed E-state index contributed by atoms with van der Waals surface area (Å²) < 4.78 is 0. The second-order valence-electron chi connectivity index (χ2n) is 3.95. The van der Waals surface area contributed by atoms with Crippen molar-refractivity contribution in [1.82, 2.24) is 0 Å². The molecule has 0 saturated heterocycles. The fraction of sp³-hybridized carbons (Fsp3) is 0.429. The van der Waals surface area contributed by atoms with E-state index >= 15 is 0 Å². The summed E-state index contributed by atoms with van der Waals surface area (Å²) in [6.45, 7) is 2.21. The first kappa shape index (κ1) is 13.6. The first-order valence-electron chi connectivity index (χ1n) is 5.84. The van der Waals surface area contributed by atoms with Crippen LogP contribution in [0.3, 0.4) is 0 Å². The Labute approximate surface area is 108 Å². The quantitative estimate of drug-likeness (QED) is 0.557. The van der Waals surface area contributed by atoms with Gasteiger partial charge in [-0.3, -0.25) is 0 Å². The molecule has 88 valence electrons. The van der Waals surface area contributed by atoms with Gasteiger partial charge in [0.15, 0.2) is 0 Å². The topological polar surface area (TPSA) is 0 Å². The minimum atomic E-state index is 0.760. The lowest BCUT2D eigenvalue weighted by molar-refractivity contribution is 0.672. The number of benzene rings is 1. The van der Waals surface area contributed by atoms with Gasteiger partial charge in [-0.1, -0.05) is 61.5 Å². The lowest BCUT2D eigenvalue weighted by Gasteiger charge is -2.00. The Kier molecular flexibility index (Phi) is 6.59. The lowest BCUT2D eigenvalue weighted by Crippen LogP contribution is -1.79. The van der Waals surface area contributed by atoms with Gasteiger partial charge in [-0.25, -0.2) is 0 Å². The van der Waals surface area contributed by atoms with E-state index in [2.05, 4.69) is 6.92 Å². The Bertz CT molecular complexity index is 325. The van der Waals surface area contributed by atoms with Crippen molar-refractivity contribution in [3.05, 3.63) is 39.9 Å². The van der Waals surface area contributed by atoms with E-state index in [4.69, 9.17) is 23.2 Å². The second kappa shape index (κ2) is 7.76. The Hall–Kier alpha value is -0.460. The largest absolute Gasteiger partial charge is 0.0891 e. The van der Waals surface area contributed by atoms with Crippen molar-refractivity contribution in [2.45, 2.75) is 39.0 Å². The maximum absolute atomic E-state index is 6.16. The fourth-order valence-electron chi connectivity index (χ4n) is 1.53. The minimum absolute atomic E-state index is 0.760. The predicted octanol–water partition coefficient (Wildman–Crippen LogP) is 5.89. The second-order valence-corrected chi connectivity index (χ2v) is 4.88. The van der Waals surface area contributed by atoms with Gasteiger partial charge in [-0.2, -0.15) is 0 Å². The smallest absolute Gasteiger partial charge is 0.0406 e. The van der Waals surface area contributed by atoms with E-state index in [1.807, 2.05) is 30.3 Å². The molecular weight excluding hydrogens is 239 g/mol. The number of hydrogen-bond acceptors (Lipinski definition) is 0.